The zero-order valence-electron chi connectivity index (χ0n) is 13.6. The summed E-state index contributed by atoms with van der Waals surface area (Å²) in [6.07, 6.45) is 1.65. The molecule has 8 nitrogen and oxygen atoms in total. The molecule has 0 saturated heterocycles. The van der Waals surface area contributed by atoms with Crippen LogP contribution >= 0.6 is 0 Å². The number of sulfonamides is 1. The van der Waals surface area contributed by atoms with Gasteiger partial charge in [-0.3, -0.25) is 14.7 Å². The molecule has 0 aliphatic heterocycles. The molecule has 1 aromatic heterocycles. The molecule has 0 saturated carbocycles. The van der Waals surface area contributed by atoms with Crippen LogP contribution in [0.25, 0.3) is 10.9 Å². The van der Waals surface area contributed by atoms with Crippen LogP contribution in [0.3, 0.4) is 0 Å². The largest absolute Gasteiger partial charge is 0.320 e. The first kappa shape index (κ1) is 17.1. The predicted molar refractivity (Wildman–Crippen MR) is 92.4 cm³/mol. The van der Waals surface area contributed by atoms with Crippen LogP contribution in [0, 0.1) is 0 Å². The first-order valence-corrected chi connectivity index (χ1v) is 8.74. The SMILES string of the molecule is CON(C)S(=O)(=O)c1cccc(C(=O)Nc2cccc3cn[nH]c23)c1. The maximum absolute atomic E-state index is 12.5. The highest BCUT2D eigenvalue weighted by atomic mass is 32.2. The van der Waals surface area contributed by atoms with Crippen LogP contribution in [0.4, 0.5) is 5.69 Å². The van der Waals surface area contributed by atoms with Gasteiger partial charge in [-0.15, -0.1) is 0 Å². The molecule has 130 valence electrons. The van der Waals surface area contributed by atoms with Gasteiger partial charge in [-0.05, 0) is 24.3 Å². The van der Waals surface area contributed by atoms with E-state index in [-0.39, 0.29) is 10.5 Å². The molecule has 0 aliphatic rings. The van der Waals surface area contributed by atoms with E-state index in [1.807, 2.05) is 6.07 Å². The van der Waals surface area contributed by atoms with E-state index in [1.165, 1.54) is 38.4 Å². The zero-order chi connectivity index (χ0) is 18.0. The van der Waals surface area contributed by atoms with Gasteiger partial charge in [0, 0.05) is 18.0 Å². The van der Waals surface area contributed by atoms with Crippen molar-refractivity contribution in [1.82, 2.24) is 14.7 Å². The lowest BCUT2D eigenvalue weighted by molar-refractivity contribution is -0.0258. The fraction of sp³-hybridized carbons (Fsp3) is 0.125. The Labute approximate surface area is 144 Å². The van der Waals surface area contributed by atoms with E-state index in [9.17, 15) is 13.2 Å². The molecule has 1 amide bonds. The number of hydrogen-bond acceptors (Lipinski definition) is 5. The number of nitrogens with one attached hydrogen (secondary N) is 2. The maximum atomic E-state index is 12.5. The number of H-pyrrole nitrogens is 1. The van der Waals surface area contributed by atoms with Gasteiger partial charge in [0.25, 0.3) is 15.9 Å². The molecule has 1 heterocycles. The summed E-state index contributed by atoms with van der Waals surface area (Å²) in [6.45, 7) is 0. The molecule has 3 aromatic rings. The van der Waals surface area contributed by atoms with Gasteiger partial charge in [0.1, 0.15) is 0 Å². The van der Waals surface area contributed by atoms with Crippen molar-refractivity contribution in [2.24, 2.45) is 0 Å². The summed E-state index contributed by atoms with van der Waals surface area (Å²) in [5, 5.41) is 10.4. The van der Waals surface area contributed by atoms with Crippen LogP contribution in [0.1, 0.15) is 10.4 Å². The topological polar surface area (TPSA) is 104 Å². The van der Waals surface area contributed by atoms with Crippen molar-refractivity contribution >= 4 is 32.5 Å². The van der Waals surface area contributed by atoms with E-state index in [4.69, 9.17) is 4.84 Å². The molecule has 3 rings (SSSR count). The minimum absolute atomic E-state index is 0.0377. The Kier molecular flexibility index (Phi) is 4.53. The van der Waals surface area contributed by atoms with E-state index < -0.39 is 15.9 Å². The molecule has 0 spiro atoms. The second-order valence-electron chi connectivity index (χ2n) is 5.22. The molecular weight excluding hydrogens is 344 g/mol. The van der Waals surface area contributed by atoms with Gasteiger partial charge in [0.05, 0.1) is 29.4 Å². The van der Waals surface area contributed by atoms with Crippen molar-refractivity contribution in [3.05, 3.63) is 54.2 Å². The quantitative estimate of drug-likeness (QED) is 0.677. The first-order valence-electron chi connectivity index (χ1n) is 7.30. The number of rotatable bonds is 5. The molecule has 0 radical (unpaired) electrons. The Morgan fingerprint density at radius 1 is 1.24 bits per heavy atom. The summed E-state index contributed by atoms with van der Waals surface area (Å²) < 4.78 is 25.3. The fourth-order valence-electron chi connectivity index (χ4n) is 2.31. The Balaban J connectivity index is 1.91. The average Bonchev–Trinajstić information content (AvgIpc) is 3.10. The third kappa shape index (κ3) is 3.25. The lowest BCUT2D eigenvalue weighted by Crippen LogP contribution is -2.26. The second-order valence-corrected chi connectivity index (χ2v) is 7.15. The average molecular weight is 360 g/mol. The molecule has 0 fully saturated rings. The maximum Gasteiger partial charge on any atom is 0.264 e. The van der Waals surface area contributed by atoms with Gasteiger partial charge in [-0.2, -0.15) is 5.10 Å². The van der Waals surface area contributed by atoms with Crippen molar-refractivity contribution in [2.75, 3.05) is 19.5 Å². The highest BCUT2D eigenvalue weighted by molar-refractivity contribution is 7.89. The first-order chi connectivity index (χ1) is 11.9. The van der Waals surface area contributed by atoms with E-state index >= 15 is 0 Å². The number of hydrogen-bond donors (Lipinski definition) is 2. The molecular formula is C16H16N4O4S. The van der Waals surface area contributed by atoms with Crippen molar-refractivity contribution in [1.29, 1.82) is 0 Å². The minimum Gasteiger partial charge on any atom is -0.320 e. The van der Waals surface area contributed by atoms with Crippen molar-refractivity contribution in [3.63, 3.8) is 0 Å². The number of carbonyl (C=O) groups excluding carboxylic acids is 1. The number of aromatic amines is 1. The van der Waals surface area contributed by atoms with Crippen LogP contribution < -0.4 is 5.32 Å². The molecule has 0 unspecified atom stereocenters. The summed E-state index contributed by atoms with van der Waals surface area (Å²) in [5.41, 5.74) is 1.46. The number of benzene rings is 2. The number of hydroxylamine groups is 1. The molecule has 25 heavy (non-hydrogen) atoms. The van der Waals surface area contributed by atoms with E-state index in [0.717, 1.165) is 9.85 Å². The van der Waals surface area contributed by atoms with Gasteiger partial charge in [-0.1, -0.05) is 22.7 Å². The predicted octanol–water partition coefficient (Wildman–Crippen LogP) is 2.00. The molecule has 9 heteroatoms. The summed E-state index contributed by atoms with van der Waals surface area (Å²) >= 11 is 0. The van der Waals surface area contributed by atoms with Crippen LogP contribution in [0.5, 0.6) is 0 Å². The Morgan fingerprint density at radius 3 is 2.76 bits per heavy atom. The normalized spacial score (nSPS) is 11.8. The van der Waals surface area contributed by atoms with E-state index in [0.29, 0.717) is 11.2 Å². The Bertz CT molecular complexity index is 1030. The number of para-hydroxylation sites is 1. The smallest absolute Gasteiger partial charge is 0.264 e. The fourth-order valence-corrected chi connectivity index (χ4v) is 3.33. The molecule has 0 aliphatic carbocycles. The van der Waals surface area contributed by atoms with E-state index in [2.05, 4.69) is 15.5 Å². The Hall–Kier alpha value is -2.75. The highest BCUT2D eigenvalue weighted by Gasteiger charge is 2.22. The third-order valence-electron chi connectivity index (χ3n) is 3.71. The van der Waals surface area contributed by atoms with Crippen LogP contribution in [-0.4, -0.2) is 43.1 Å². The number of anilines is 1. The number of aromatic nitrogens is 2. The summed E-state index contributed by atoms with van der Waals surface area (Å²) in [5.74, 6) is -0.431. The number of carbonyl (C=O) groups is 1. The third-order valence-corrected chi connectivity index (χ3v) is 5.39. The lowest BCUT2D eigenvalue weighted by Gasteiger charge is -2.14. The Morgan fingerprint density at radius 2 is 2.00 bits per heavy atom. The second kappa shape index (κ2) is 6.63. The molecule has 0 bridgehead atoms. The summed E-state index contributed by atoms with van der Waals surface area (Å²) in [6, 6.07) is 11.1. The van der Waals surface area contributed by atoms with Crippen LogP contribution in [0.2, 0.25) is 0 Å². The number of fused-ring (bicyclic) bond motifs is 1. The van der Waals surface area contributed by atoms with Crippen LogP contribution in [-0.2, 0) is 14.9 Å². The van der Waals surface area contributed by atoms with Crippen molar-refractivity contribution in [3.8, 4) is 0 Å². The summed E-state index contributed by atoms with van der Waals surface area (Å²) in [7, 11) is -1.30. The highest BCUT2D eigenvalue weighted by Crippen LogP contribution is 2.22. The van der Waals surface area contributed by atoms with Gasteiger partial charge >= 0.3 is 0 Å². The molecule has 0 atom stereocenters. The number of nitrogens with zero attached hydrogens (tertiary/aromatic N) is 2. The van der Waals surface area contributed by atoms with Gasteiger partial charge in [0.2, 0.25) is 0 Å². The minimum atomic E-state index is -3.83. The lowest BCUT2D eigenvalue weighted by atomic mass is 10.2. The van der Waals surface area contributed by atoms with Crippen molar-refractivity contribution < 1.29 is 18.0 Å². The van der Waals surface area contributed by atoms with Gasteiger partial charge in [0.15, 0.2) is 0 Å². The standard InChI is InChI=1S/C16H16N4O4S/c1-20(24-2)25(22,23)13-7-3-5-11(9-13)16(21)18-14-8-4-6-12-10-17-19-15(12)14/h3-10H,1-2H3,(H,17,19)(H,18,21). The number of amides is 1. The van der Waals surface area contributed by atoms with Gasteiger partial charge in [-0.25, -0.2) is 8.42 Å². The summed E-state index contributed by atoms with van der Waals surface area (Å²) in [4.78, 5) is 17.2. The zero-order valence-corrected chi connectivity index (χ0v) is 14.4. The van der Waals surface area contributed by atoms with Crippen LogP contribution in [0.15, 0.2) is 53.6 Å². The van der Waals surface area contributed by atoms with E-state index in [1.54, 1.807) is 18.3 Å². The monoisotopic (exact) mass is 360 g/mol. The molecule has 2 aromatic carbocycles. The van der Waals surface area contributed by atoms with Gasteiger partial charge < -0.3 is 5.32 Å². The molecule has 2 N–H and O–H groups in total. The van der Waals surface area contributed by atoms with Crippen molar-refractivity contribution in [2.45, 2.75) is 4.90 Å².